The molecule has 0 aromatic heterocycles. The highest BCUT2D eigenvalue weighted by Crippen LogP contribution is 2.52. The van der Waals surface area contributed by atoms with E-state index in [0.717, 1.165) is 17.5 Å². The van der Waals surface area contributed by atoms with Crippen molar-refractivity contribution in [2.24, 2.45) is 0 Å². The minimum atomic E-state index is 0.0939. The van der Waals surface area contributed by atoms with Gasteiger partial charge in [-0.2, -0.15) is 0 Å². The van der Waals surface area contributed by atoms with Gasteiger partial charge in [-0.05, 0) is 41.4 Å². The van der Waals surface area contributed by atoms with Crippen LogP contribution in [0.5, 0.6) is 5.75 Å². The van der Waals surface area contributed by atoms with Crippen molar-refractivity contribution in [3.05, 3.63) is 28.8 Å². The zero-order valence-corrected chi connectivity index (χ0v) is 10.3. The molecule has 1 aliphatic rings. The molecule has 0 heterocycles. The van der Waals surface area contributed by atoms with Gasteiger partial charge in [0.15, 0.2) is 0 Å². The van der Waals surface area contributed by atoms with Crippen LogP contribution in [0.4, 0.5) is 0 Å². The van der Waals surface area contributed by atoms with Gasteiger partial charge in [0, 0.05) is 5.56 Å². The first-order valence-corrected chi connectivity index (χ1v) is 5.59. The molecule has 0 unspecified atom stereocenters. The van der Waals surface area contributed by atoms with E-state index < -0.39 is 0 Å². The third-order valence-electron chi connectivity index (χ3n) is 3.55. The Kier molecular flexibility index (Phi) is 1.95. The van der Waals surface area contributed by atoms with Gasteiger partial charge in [-0.1, -0.05) is 33.8 Å². The summed E-state index contributed by atoms with van der Waals surface area (Å²) in [6, 6.07) is 4.10. The van der Waals surface area contributed by atoms with Gasteiger partial charge in [0.1, 0.15) is 5.75 Å². The Morgan fingerprint density at radius 2 is 1.67 bits per heavy atom. The topological polar surface area (TPSA) is 20.2 Å². The Balaban J connectivity index is 2.75. The van der Waals surface area contributed by atoms with Crippen LogP contribution in [0.15, 0.2) is 12.1 Å². The van der Waals surface area contributed by atoms with Crippen LogP contribution in [0, 0.1) is 6.92 Å². The van der Waals surface area contributed by atoms with Crippen molar-refractivity contribution < 1.29 is 5.11 Å². The minimum absolute atomic E-state index is 0.0939. The van der Waals surface area contributed by atoms with Crippen molar-refractivity contribution in [3.63, 3.8) is 0 Å². The van der Waals surface area contributed by atoms with Crippen molar-refractivity contribution in [1.82, 2.24) is 0 Å². The molecule has 0 radical (unpaired) electrons. The minimum Gasteiger partial charge on any atom is -0.508 e. The maximum atomic E-state index is 10.1. The molecule has 0 fully saturated rings. The average molecular weight is 204 g/mol. The molecule has 82 valence electrons. The zero-order valence-electron chi connectivity index (χ0n) is 10.3. The Bertz CT molecular complexity index is 414. The van der Waals surface area contributed by atoms with Gasteiger partial charge in [0.05, 0.1) is 0 Å². The first-order valence-electron chi connectivity index (χ1n) is 5.59. The van der Waals surface area contributed by atoms with E-state index in [2.05, 4.69) is 33.8 Å². The molecular weight excluding hydrogens is 184 g/mol. The highest BCUT2D eigenvalue weighted by Gasteiger charge is 2.43. The van der Waals surface area contributed by atoms with Crippen molar-refractivity contribution in [2.75, 3.05) is 0 Å². The molecule has 2 rings (SSSR count). The monoisotopic (exact) mass is 204 g/mol. The molecule has 0 atom stereocenters. The van der Waals surface area contributed by atoms with Crippen LogP contribution in [0.3, 0.4) is 0 Å². The zero-order chi connectivity index (χ0) is 11.4. The number of fused-ring (bicyclic) bond motifs is 1. The molecule has 1 N–H and O–H groups in total. The van der Waals surface area contributed by atoms with Crippen molar-refractivity contribution in [3.8, 4) is 5.75 Å². The molecule has 0 bridgehead atoms. The molecule has 0 saturated carbocycles. The standard InChI is InChI=1S/C14H20O/c1-9-6-10-12(11(15)7-9)14(4,5)8-13(10,2)3/h6-7,15H,8H2,1-5H3. The predicted molar refractivity (Wildman–Crippen MR) is 63.5 cm³/mol. The van der Waals surface area contributed by atoms with Crippen molar-refractivity contribution in [1.29, 1.82) is 0 Å². The van der Waals surface area contributed by atoms with Crippen LogP contribution < -0.4 is 0 Å². The van der Waals surface area contributed by atoms with Gasteiger partial charge in [-0.15, -0.1) is 0 Å². The van der Waals surface area contributed by atoms with Crippen LogP contribution in [-0.2, 0) is 10.8 Å². The first kappa shape index (κ1) is 10.5. The van der Waals surface area contributed by atoms with E-state index in [0.29, 0.717) is 5.75 Å². The van der Waals surface area contributed by atoms with Gasteiger partial charge in [-0.3, -0.25) is 0 Å². The van der Waals surface area contributed by atoms with Crippen molar-refractivity contribution >= 4 is 0 Å². The van der Waals surface area contributed by atoms with Crippen LogP contribution >= 0.6 is 0 Å². The number of aromatic hydroxyl groups is 1. The fourth-order valence-electron chi connectivity index (χ4n) is 3.30. The van der Waals surface area contributed by atoms with Gasteiger partial charge in [0.2, 0.25) is 0 Å². The first-order chi connectivity index (χ1) is 6.74. The van der Waals surface area contributed by atoms with Crippen LogP contribution in [-0.4, -0.2) is 5.11 Å². The smallest absolute Gasteiger partial charge is 0.119 e. The second-order valence-electron chi connectivity index (χ2n) is 6.15. The number of phenols is 1. The Labute approximate surface area is 92.1 Å². The maximum absolute atomic E-state index is 10.1. The number of phenolic OH excluding ortho intramolecular Hbond substituents is 1. The lowest BCUT2D eigenvalue weighted by atomic mass is 9.82. The Morgan fingerprint density at radius 3 is 2.27 bits per heavy atom. The third-order valence-corrected chi connectivity index (χ3v) is 3.55. The average Bonchev–Trinajstić information content (AvgIpc) is 2.15. The third kappa shape index (κ3) is 1.45. The van der Waals surface area contributed by atoms with E-state index in [1.165, 1.54) is 5.56 Å². The highest BCUT2D eigenvalue weighted by molar-refractivity contribution is 5.53. The summed E-state index contributed by atoms with van der Waals surface area (Å²) in [5.74, 6) is 0.473. The summed E-state index contributed by atoms with van der Waals surface area (Å²) in [5, 5.41) is 10.1. The number of benzene rings is 1. The quantitative estimate of drug-likeness (QED) is 0.683. The summed E-state index contributed by atoms with van der Waals surface area (Å²) < 4.78 is 0. The summed E-state index contributed by atoms with van der Waals surface area (Å²) in [6.45, 7) is 11.0. The second-order valence-corrected chi connectivity index (χ2v) is 6.15. The van der Waals surface area contributed by atoms with Gasteiger partial charge in [0.25, 0.3) is 0 Å². The van der Waals surface area contributed by atoms with Crippen LogP contribution in [0.2, 0.25) is 0 Å². The van der Waals surface area contributed by atoms with Gasteiger partial charge in [-0.25, -0.2) is 0 Å². The summed E-state index contributed by atoms with van der Waals surface area (Å²) in [6.07, 6.45) is 1.10. The molecule has 15 heavy (non-hydrogen) atoms. The van der Waals surface area contributed by atoms with E-state index >= 15 is 0 Å². The number of aryl methyl sites for hydroxylation is 1. The number of hydrogen-bond donors (Lipinski definition) is 1. The molecule has 1 nitrogen and oxygen atoms in total. The van der Waals surface area contributed by atoms with Crippen LogP contribution in [0.1, 0.15) is 50.8 Å². The Morgan fingerprint density at radius 1 is 1.07 bits per heavy atom. The molecule has 0 amide bonds. The molecule has 1 aromatic carbocycles. The van der Waals surface area contributed by atoms with E-state index in [9.17, 15) is 5.11 Å². The Hall–Kier alpha value is -0.980. The number of rotatable bonds is 0. The fraction of sp³-hybridized carbons (Fsp3) is 0.571. The van der Waals surface area contributed by atoms with Gasteiger partial charge >= 0.3 is 0 Å². The normalized spacial score (nSPS) is 21.4. The molecule has 1 aromatic rings. The second kappa shape index (κ2) is 2.78. The number of hydrogen-bond acceptors (Lipinski definition) is 1. The van der Waals surface area contributed by atoms with Crippen molar-refractivity contribution in [2.45, 2.75) is 51.9 Å². The molecule has 0 saturated heterocycles. The lowest BCUT2D eigenvalue weighted by molar-refractivity contribution is 0.391. The van der Waals surface area contributed by atoms with E-state index in [-0.39, 0.29) is 10.8 Å². The van der Waals surface area contributed by atoms with E-state index in [4.69, 9.17) is 0 Å². The molecular formula is C14H20O. The summed E-state index contributed by atoms with van der Waals surface area (Å²) in [4.78, 5) is 0. The molecule has 0 aliphatic heterocycles. The molecule has 1 aliphatic carbocycles. The summed E-state index contributed by atoms with van der Waals surface area (Å²) in [5.41, 5.74) is 3.90. The van der Waals surface area contributed by atoms with Crippen LogP contribution in [0.25, 0.3) is 0 Å². The van der Waals surface area contributed by atoms with E-state index in [1.807, 2.05) is 13.0 Å². The van der Waals surface area contributed by atoms with E-state index in [1.54, 1.807) is 0 Å². The SMILES string of the molecule is Cc1cc(O)c2c(c1)C(C)(C)CC2(C)C. The largest absolute Gasteiger partial charge is 0.508 e. The fourth-order valence-corrected chi connectivity index (χ4v) is 3.30. The lowest BCUT2D eigenvalue weighted by Gasteiger charge is -2.22. The molecule has 1 heteroatoms. The summed E-state index contributed by atoms with van der Waals surface area (Å²) in [7, 11) is 0. The highest BCUT2D eigenvalue weighted by atomic mass is 16.3. The lowest BCUT2D eigenvalue weighted by Crippen LogP contribution is -2.18. The van der Waals surface area contributed by atoms with Gasteiger partial charge < -0.3 is 5.11 Å². The summed E-state index contributed by atoms with van der Waals surface area (Å²) >= 11 is 0. The maximum Gasteiger partial charge on any atom is 0.119 e. The predicted octanol–water partition coefficient (Wildman–Crippen LogP) is 3.66. The molecule has 0 spiro atoms.